The van der Waals surface area contributed by atoms with Crippen LogP contribution in [0.5, 0.6) is 0 Å². The summed E-state index contributed by atoms with van der Waals surface area (Å²) in [7, 11) is 1.90. The predicted molar refractivity (Wildman–Crippen MR) is 127 cm³/mol. The Balaban J connectivity index is 1.99. The maximum Gasteiger partial charge on any atom is 0.269 e. The maximum absolute atomic E-state index is 12.5. The number of carbonyl (C=O) groups is 1. The summed E-state index contributed by atoms with van der Waals surface area (Å²) in [4.78, 5) is 12.5. The summed E-state index contributed by atoms with van der Waals surface area (Å²) < 4.78 is 0. The van der Waals surface area contributed by atoms with Gasteiger partial charge < -0.3 is 21.7 Å². The molecular formula is C24H31ClN4O. The van der Waals surface area contributed by atoms with E-state index in [4.69, 9.17) is 17.3 Å². The monoisotopic (exact) mass is 426 g/mol. The normalized spacial score (nSPS) is 12.4. The molecule has 5 N–H and O–H groups in total. The zero-order valence-corrected chi connectivity index (χ0v) is 18.8. The van der Waals surface area contributed by atoms with Gasteiger partial charge in [0.25, 0.3) is 5.91 Å². The minimum atomic E-state index is -0.305. The third kappa shape index (κ3) is 6.56. The zero-order chi connectivity index (χ0) is 22.1. The number of rotatable bonds is 9. The first-order chi connectivity index (χ1) is 14.3. The average Bonchev–Trinajstić information content (AvgIpc) is 2.77. The molecule has 30 heavy (non-hydrogen) atoms. The molecule has 2 aromatic carbocycles. The molecule has 1 amide bonds. The first-order valence-corrected chi connectivity index (χ1v) is 10.5. The van der Waals surface area contributed by atoms with Crippen LogP contribution in [-0.2, 0) is 11.3 Å². The molecule has 0 aliphatic heterocycles. The van der Waals surface area contributed by atoms with Gasteiger partial charge in [-0.15, -0.1) is 0 Å². The number of carbonyl (C=O) groups excluding carboxylic acids is 1. The molecule has 160 valence electrons. The standard InChI is InChI=1S/C24H31ClN4O/c1-5-22(28-15-21(25)16(2)3)23(26)24(30)29-14-17-6-8-18(9-7-17)19-10-12-20(27-4)13-11-19/h6-13,15-16,27-28H,5,14,26H2,1-4H3,(H,29,30)/b21-15+,23-22-. The Bertz CT molecular complexity index is 900. The molecule has 5 nitrogen and oxygen atoms in total. The first-order valence-electron chi connectivity index (χ1n) is 10.1. The number of nitrogens with one attached hydrogen (secondary N) is 3. The fourth-order valence-corrected chi connectivity index (χ4v) is 2.81. The Labute approximate surface area is 184 Å². The van der Waals surface area contributed by atoms with Crippen LogP contribution in [0.25, 0.3) is 11.1 Å². The molecule has 0 aliphatic carbocycles. The molecule has 0 heterocycles. The number of halogens is 1. The molecule has 2 aromatic rings. The molecule has 0 aliphatic rings. The van der Waals surface area contributed by atoms with Crippen molar-refractivity contribution in [3.05, 3.63) is 76.7 Å². The van der Waals surface area contributed by atoms with E-state index in [9.17, 15) is 4.79 Å². The smallest absolute Gasteiger partial charge is 0.269 e. The largest absolute Gasteiger partial charge is 0.393 e. The molecule has 2 rings (SSSR count). The minimum Gasteiger partial charge on any atom is -0.393 e. The lowest BCUT2D eigenvalue weighted by Crippen LogP contribution is -2.31. The molecule has 0 aromatic heterocycles. The summed E-state index contributed by atoms with van der Waals surface area (Å²) in [5.74, 6) is -0.100. The quantitative estimate of drug-likeness (QED) is 0.429. The molecular weight excluding hydrogens is 396 g/mol. The summed E-state index contributed by atoms with van der Waals surface area (Å²) in [5, 5.41) is 9.72. The average molecular weight is 427 g/mol. The third-order valence-electron chi connectivity index (χ3n) is 4.77. The van der Waals surface area contributed by atoms with Gasteiger partial charge in [-0.3, -0.25) is 4.79 Å². The van der Waals surface area contributed by atoms with E-state index >= 15 is 0 Å². The topological polar surface area (TPSA) is 79.2 Å². The number of hydrogen-bond acceptors (Lipinski definition) is 4. The van der Waals surface area contributed by atoms with Crippen molar-refractivity contribution in [2.45, 2.75) is 33.7 Å². The summed E-state index contributed by atoms with van der Waals surface area (Å²) in [5.41, 5.74) is 11.2. The van der Waals surface area contributed by atoms with Crippen molar-refractivity contribution in [3.63, 3.8) is 0 Å². The Morgan fingerprint density at radius 3 is 2.13 bits per heavy atom. The summed E-state index contributed by atoms with van der Waals surface area (Å²) in [6.45, 7) is 6.32. The second kappa shape index (κ2) is 11.3. The maximum atomic E-state index is 12.5. The van der Waals surface area contributed by atoms with Crippen LogP contribution in [-0.4, -0.2) is 13.0 Å². The SMILES string of the molecule is CC/C(N/C=C(/Cl)C(C)C)=C(/N)C(=O)NCc1ccc(-c2ccc(NC)cc2)cc1. The summed E-state index contributed by atoms with van der Waals surface area (Å²) in [6, 6.07) is 16.3. The van der Waals surface area contributed by atoms with E-state index in [1.54, 1.807) is 6.20 Å². The van der Waals surface area contributed by atoms with Crippen LogP contribution in [0.3, 0.4) is 0 Å². The Morgan fingerprint density at radius 1 is 1.07 bits per heavy atom. The van der Waals surface area contributed by atoms with E-state index in [1.807, 2.05) is 64.2 Å². The molecule has 0 radical (unpaired) electrons. The lowest BCUT2D eigenvalue weighted by molar-refractivity contribution is -0.117. The van der Waals surface area contributed by atoms with Gasteiger partial charge in [0, 0.05) is 36.2 Å². The van der Waals surface area contributed by atoms with Crippen LogP contribution in [0.15, 0.2) is 71.2 Å². The molecule has 0 atom stereocenters. The molecule has 6 heteroatoms. The highest BCUT2D eigenvalue weighted by molar-refractivity contribution is 6.29. The Hall–Kier alpha value is -2.92. The van der Waals surface area contributed by atoms with E-state index in [-0.39, 0.29) is 17.5 Å². The van der Waals surface area contributed by atoms with Crippen molar-refractivity contribution >= 4 is 23.2 Å². The second-order valence-electron chi connectivity index (χ2n) is 7.28. The van der Waals surface area contributed by atoms with Gasteiger partial charge in [-0.25, -0.2) is 0 Å². The number of allylic oxidation sites excluding steroid dienone is 2. The minimum absolute atomic E-state index is 0.170. The number of anilines is 1. The third-order valence-corrected chi connectivity index (χ3v) is 5.32. The molecule has 0 saturated carbocycles. The van der Waals surface area contributed by atoms with Gasteiger partial charge in [-0.05, 0) is 41.2 Å². The number of hydrogen-bond donors (Lipinski definition) is 4. The summed E-state index contributed by atoms with van der Waals surface area (Å²) in [6.07, 6.45) is 2.28. The lowest BCUT2D eigenvalue weighted by Gasteiger charge is -2.12. The van der Waals surface area contributed by atoms with Crippen LogP contribution in [0.2, 0.25) is 0 Å². The fraction of sp³-hybridized carbons (Fsp3) is 0.292. The molecule has 0 spiro atoms. The van der Waals surface area contributed by atoms with Crippen LogP contribution < -0.4 is 21.7 Å². The molecule has 0 saturated heterocycles. The highest BCUT2D eigenvalue weighted by Gasteiger charge is 2.11. The van der Waals surface area contributed by atoms with Crippen molar-refractivity contribution in [3.8, 4) is 11.1 Å². The highest BCUT2D eigenvalue weighted by Crippen LogP contribution is 2.22. The highest BCUT2D eigenvalue weighted by atomic mass is 35.5. The van der Waals surface area contributed by atoms with Gasteiger partial charge in [0.2, 0.25) is 0 Å². The van der Waals surface area contributed by atoms with Crippen molar-refractivity contribution in [2.75, 3.05) is 12.4 Å². The molecule has 0 fully saturated rings. The van der Waals surface area contributed by atoms with E-state index < -0.39 is 0 Å². The molecule has 0 bridgehead atoms. The van der Waals surface area contributed by atoms with E-state index in [0.29, 0.717) is 23.7 Å². The van der Waals surface area contributed by atoms with Crippen LogP contribution in [0, 0.1) is 5.92 Å². The van der Waals surface area contributed by atoms with E-state index in [0.717, 1.165) is 22.4 Å². The van der Waals surface area contributed by atoms with Crippen molar-refractivity contribution < 1.29 is 4.79 Å². The lowest BCUT2D eigenvalue weighted by atomic mass is 10.0. The second-order valence-corrected chi connectivity index (χ2v) is 7.72. The van der Waals surface area contributed by atoms with Gasteiger partial charge in [0.05, 0.1) is 0 Å². The van der Waals surface area contributed by atoms with Crippen molar-refractivity contribution in [2.24, 2.45) is 11.7 Å². The van der Waals surface area contributed by atoms with Crippen LogP contribution >= 0.6 is 11.6 Å². The Kier molecular flexibility index (Phi) is 8.81. The van der Waals surface area contributed by atoms with E-state index in [1.165, 1.54) is 0 Å². The zero-order valence-electron chi connectivity index (χ0n) is 18.1. The number of benzene rings is 2. The number of nitrogens with two attached hydrogens (primary N) is 1. The predicted octanol–water partition coefficient (Wildman–Crippen LogP) is 4.92. The fourth-order valence-electron chi connectivity index (χ4n) is 2.75. The first kappa shape index (κ1) is 23.4. The van der Waals surface area contributed by atoms with Gasteiger partial charge >= 0.3 is 0 Å². The van der Waals surface area contributed by atoms with Gasteiger partial charge in [0.15, 0.2) is 0 Å². The van der Waals surface area contributed by atoms with Crippen molar-refractivity contribution in [1.29, 1.82) is 0 Å². The van der Waals surface area contributed by atoms with Gasteiger partial charge in [-0.2, -0.15) is 0 Å². The Morgan fingerprint density at radius 2 is 1.63 bits per heavy atom. The number of amides is 1. The van der Waals surface area contributed by atoms with Gasteiger partial charge in [0.1, 0.15) is 5.70 Å². The summed E-state index contributed by atoms with van der Waals surface area (Å²) >= 11 is 6.15. The van der Waals surface area contributed by atoms with Gasteiger partial charge in [-0.1, -0.05) is 68.8 Å². The van der Waals surface area contributed by atoms with Crippen LogP contribution in [0.4, 0.5) is 5.69 Å². The van der Waals surface area contributed by atoms with E-state index in [2.05, 4.69) is 28.1 Å². The molecule has 0 unspecified atom stereocenters. The van der Waals surface area contributed by atoms with Crippen LogP contribution in [0.1, 0.15) is 32.8 Å². The van der Waals surface area contributed by atoms with Crippen molar-refractivity contribution in [1.82, 2.24) is 10.6 Å².